The number of rotatable bonds is 6. The van der Waals surface area contributed by atoms with Crippen molar-refractivity contribution in [2.24, 2.45) is 0 Å². The molecule has 0 unspecified atom stereocenters. The molecule has 6 nitrogen and oxygen atoms in total. The molecule has 0 fully saturated rings. The Morgan fingerprint density at radius 3 is 2.52 bits per heavy atom. The number of carbonyl (C=O) groups is 1. The summed E-state index contributed by atoms with van der Waals surface area (Å²) >= 11 is 0.167. The van der Waals surface area contributed by atoms with E-state index in [1.165, 1.54) is 42.6 Å². The largest absolute Gasteiger partial charge is 0.322 e. The van der Waals surface area contributed by atoms with E-state index in [4.69, 9.17) is 0 Å². The summed E-state index contributed by atoms with van der Waals surface area (Å²) in [6.07, 6.45) is 1.31. The lowest BCUT2D eigenvalue weighted by atomic mass is 10.1. The van der Waals surface area contributed by atoms with Crippen LogP contribution in [0.4, 0.5) is 14.5 Å². The predicted molar refractivity (Wildman–Crippen MR) is 101 cm³/mol. The molecule has 27 heavy (non-hydrogen) atoms. The molecule has 146 valence electrons. The van der Waals surface area contributed by atoms with Gasteiger partial charge in [0.15, 0.2) is 0 Å². The summed E-state index contributed by atoms with van der Waals surface area (Å²) in [5, 5.41) is 2.41. The van der Waals surface area contributed by atoms with Crippen molar-refractivity contribution in [1.82, 2.24) is 9.71 Å². The van der Waals surface area contributed by atoms with Crippen molar-refractivity contribution >= 4 is 33.4 Å². The van der Waals surface area contributed by atoms with E-state index in [0.717, 1.165) is 0 Å². The Bertz CT molecular complexity index is 929. The van der Waals surface area contributed by atoms with Gasteiger partial charge in [-0.3, -0.25) is 4.79 Å². The number of anilines is 1. The summed E-state index contributed by atoms with van der Waals surface area (Å²) in [5.74, 6) is -3.38. The third kappa shape index (κ3) is 6.26. The highest BCUT2D eigenvalue weighted by molar-refractivity contribution is 7.99. The molecule has 1 amide bonds. The minimum Gasteiger partial charge on any atom is -0.322 e. The Morgan fingerprint density at radius 1 is 1.19 bits per heavy atom. The number of hydrogen-bond donors (Lipinski definition) is 2. The predicted octanol–water partition coefficient (Wildman–Crippen LogP) is 3.73. The number of carbonyl (C=O) groups excluding carboxylic acids is 1. The highest BCUT2D eigenvalue weighted by Gasteiger charge is 2.23. The van der Waals surface area contributed by atoms with Gasteiger partial charge in [0.25, 0.3) is 11.7 Å². The van der Waals surface area contributed by atoms with Gasteiger partial charge in [0.05, 0.1) is 10.5 Å². The molecule has 1 heterocycles. The quantitative estimate of drug-likeness (QED) is 0.702. The van der Waals surface area contributed by atoms with Gasteiger partial charge in [-0.25, -0.2) is 18.1 Å². The Balaban J connectivity index is 2.26. The number of hydrogen-bond acceptors (Lipinski definition) is 5. The Kier molecular flexibility index (Phi) is 6.55. The highest BCUT2D eigenvalue weighted by atomic mass is 32.2. The van der Waals surface area contributed by atoms with Crippen molar-refractivity contribution in [2.45, 2.75) is 42.0 Å². The number of aromatic nitrogens is 1. The van der Waals surface area contributed by atoms with Gasteiger partial charge >= 0.3 is 0 Å². The van der Waals surface area contributed by atoms with Crippen molar-refractivity contribution in [3.8, 4) is 0 Å². The van der Waals surface area contributed by atoms with Crippen LogP contribution in [-0.2, 0) is 10.0 Å². The first-order chi connectivity index (χ1) is 12.5. The third-order valence-corrected chi connectivity index (χ3v) is 5.54. The Morgan fingerprint density at radius 2 is 1.89 bits per heavy atom. The van der Waals surface area contributed by atoms with Crippen LogP contribution in [0.25, 0.3) is 0 Å². The van der Waals surface area contributed by atoms with Gasteiger partial charge in [0, 0.05) is 17.4 Å². The average Bonchev–Trinajstić information content (AvgIpc) is 2.53. The third-order valence-electron chi connectivity index (χ3n) is 3.06. The van der Waals surface area contributed by atoms with E-state index in [0.29, 0.717) is 0 Å². The molecule has 2 aromatic rings. The van der Waals surface area contributed by atoms with Gasteiger partial charge < -0.3 is 5.32 Å². The van der Waals surface area contributed by atoms with Crippen LogP contribution in [-0.4, -0.2) is 30.6 Å². The molecule has 1 aromatic heterocycles. The van der Waals surface area contributed by atoms with Crippen LogP contribution in [0, 0.1) is 0 Å². The number of nitrogens with zero attached hydrogens (tertiary/aromatic N) is 1. The first-order valence-electron chi connectivity index (χ1n) is 7.83. The second-order valence-electron chi connectivity index (χ2n) is 6.57. The summed E-state index contributed by atoms with van der Waals surface area (Å²) in [6, 6.07) is 8.50. The molecule has 1 aromatic carbocycles. The number of halogens is 2. The normalized spacial score (nSPS) is 12.2. The van der Waals surface area contributed by atoms with Gasteiger partial charge in [-0.05, 0) is 62.9 Å². The molecule has 2 rings (SSSR count). The van der Waals surface area contributed by atoms with E-state index < -0.39 is 27.2 Å². The fourth-order valence-electron chi connectivity index (χ4n) is 2.14. The number of thioether (sulfide) groups is 1. The molecule has 0 aliphatic heterocycles. The molecular weight excluding hydrogens is 396 g/mol. The van der Waals surface area contributed by atoms with E-state index in [2.05, 4.69) is 15.0 Å². The monoisotopic (exact) mass is 415 g/mol. The molecular formula is C17H19F2N3O3S2. The van der Waals surface area contributed by atoms with Gasteiger partial charge in [-0.2, -0.15) is 8.78 Å². The topological polar surface area (TPSA) is 88.2 Å². The number of benzene rings is 1. The summed E-state index contributed by atoms with van der Waals surface area (Å²) < 4.78 is 52.6. The zero-order chi connectivity index (χ0) is 20.2. The van der Waals surface area contributed by atoms with Crippen LogP contribution >= 0.6 is 11.8 Å². The molecule has 0 spiro atoms. The number of amides is 1. The zero-order valence-corrected chi connectivity index (χ0v) is 16.5. The molecule has 10 heteroatoms. The van der Waals surface area contributed by atoms with Crippen LogP contribution in [0.15, 0.2) is 52.5 Å². The summed E-state index contributed by atoms with van der Waals surface area (Å²) in [5.41, 5.74) is -0.479. The SMILES string of the molecule is CC(C)(C)NS(=O)(=O)c1cccc(NC(=O)c2cccnc2SC(F)F)c1. The number of alkyl halides is 2. The van der Waals surface area contributed by atoms with Crippen molar-refractivity contribution in [3.05, 3.63) is 48.2 Å². The zero-order valence-electron chi connectivity index (χ0n) is 14.9. The summed E-state index contributed by atoms with van der Waals surface area (Å²) in [4.78, 5) is 16.2. The molecule has 0 saturated heterocycles. The van der Waals surface area contributed by atoms with Crippen LogP contribution < -0.4 is 10.0 Å². The van der Waals surface area contributed by atoms with Gasteiger partial charge in [-0.15, -0.1) is 0 Å². The van der Waals surface area contributed by atoms with Crippen LogP contribution in [0.3, 0.4) is 0 Å². The lowest BCUT2D eigenvalue weighted by molar-refractivity contribution is 0.102. The van der Waals surface area contributed by atoms with Crippen molar-refractivity contribution in [1.29, 1.82) is 0 Å². The molecule has 0 radical (unpaired) electrons. The molecule has 0 atom stereocenters. The maximum atomic E-state index is 12.6. The van der Waals surface area contributed by atoms with Crippen LogP contribution in [0.2, 0.25) is 0 Å². The second kappa shape index (κ2) is 8.32. The van der Waals surface area contributed by atoms with Crippen molar-refractivity contribution < 1.29 is 22.0 Å². The Labute approximate surface area is 160 Å². The first kappa shape index (κ1) is 21.3. The van der Waals surface area contributed by atoms with E-state index in [-0.39, 0.29) is 32.9 Å². The minimum absolute atomic E-state index is 0.0242. The molecule has 2 N–H and O–H groups in total. The lowest BCUT2D eigenvalue weighted by Crippen LogP contribution is -2.40. The number of sulfonamides is 1. The van der Waals surface area contributed by atoms with E-state index in [9.17, 15) is 22.0 Å². The molecule has 0 bridgehead atoms. The molecule has 0 aliphatic carbocycles. The van der Waals surface area contributed by atoms with Crippen LogP contribution in [0.5, 0.6) is 0 Å². The summed E-state index contributed by atoms with van der Waals surface area (Å²) in [7, 11) is -3.78. The van der Waals surface area contributed by atoms with Crippen LogP contribution in [0.1, 0.15) is 31.1 Å². The highest BCUT2D eigenvalue weighted by Crippen LogP contribution is 2.27. The Hall–Kier alpha value is -2.04. The average molecular weight is 415 g/mol. The van der Waals surface area contributed by atoms with E-state index in [1.54, 1.807) is 20.8 Å². The maximum Gasteiger partial charge on any atom is 0.290 e. The fraction of sp³-hybridized carbons (Fsp3) is 0.294. The van der Waals surface area contributed by atoms with Gasteiger partial charge in [0.1, 0.15) is 5.03 Å². The lowest BCUT2D eigenvalue weighted by Gasteiger charge is -2.20. The van der Waals surface area contributed by atoms with Gasteiger partial charge in [0.2, 0.25) is 10.0 Å². The molecule has 0 saturated carbocycles. The second-order valence-corrected chi connectivity index (χ2v) is 9.23. The summed E-state index contributed by atoms with van der Waals surface area (Å²) in [6.45, 7) is 5.13. The van der Waals surface area contributed by atoms with Gasteiger partial charge in [-0.1, -0.05) is 6.07 Å². The number of pyridine rings is 1. The van der Waals surface area contributed by atoms with Crippen molar-refractivity contribution in [3.63, 3.8) is 0 Å². The number of nitrogens with one attached hydrogen (secondary N) is 2. The van der Waals surface area contributed by atoms with E-state index in [1.807, 2.05) is 0 Å². The fourth-order valence-corrected chi connectivity index (χ4v) is 4.19. The van der Waals surface area contributed by atoms with Crippen molar-refractivity contribution in [2.75, 3.05) is 5.32 Å². The standard InChI is InChI=1S/C17H19F2N3O3S2/c1-17(2,3)22-27(24,25)12-7-4-6-11(10-12)21-14(23)13-8-5-9-20-15(13)26-16(18)19/h4-10,16,22H,1-3H3,(H,21,23). The smallest absolute Gasteiger partial charge is 0.290 e. The minimum atomic E-state index is -3.78. The van der Waals surface area contributed by atoms with E-state index >= 15 is 0 Å². The molecule has 0 aliphatic rings. The first-order valence-corrected chi connectivity index (χ1v) is 10.2. The maximum absolute atomic E-state index is 12.6.